The lowest BCUT2D eigenvalue weighted by molar-refractivity contribution is 0.885. The molecule has 92 valence electrons. The van der Waals surface area contributed by atoms with Crippen LogP contribution in [-0.2, 0) is 6.54 Å². The molecule has 2 rings (SSSR count). The minimum absolute atomic E-state index is 0.425. The van der Waals surface area contributed by atoms with Gasteiger partial charge in [-0.15, -0.1) is 0 Å². The van der Waals surface area contributed by atoms with Crippen molar-refractivity contribution in [2.75, 3.05) is 11.9 Å². The summed E-state index contributed by atoms with van der Waals surface area (Å²) >= 11 is 4.93. The topological polar surface area (TPSA) is 42.2 Å². The second-order valence-electron chi connectivity index (χ2n) is 4.09. The van der Waals surface area contributed by atoms with E-state index >= 15 is 0 Å². The zero-order chi connectivity index (χ0) is 13.0. The van der Waals surface area contributed by atoms with Crippen LogP contribution in [0.5, 0.6) is 0 Å². The molecule has 4 heteroatoms. The highest BCUT2D eigenvalue weighted by atomic mass is 32.1. The number of aromatic nitrogens is 1. The minimum atomic E-state index is 0.425. The standard InChI is InChI=1S/C14H15N3S/c1-17(10-12-4-2-3-9-16-12)13-7-5-11(6-8-13)14(15)18/h2-9H,10H2,1H3,(H2,15,18). The van der Waals surface area contributed by atoms with Crippen molar-refractivity contribution < 1.29 is 0 Å². The normalized spacial score (nSPS) is 10.1. The van der Waals surface area contributed by atoms with Crippen molar-refractivity contribution in [2.24, 2.45) is 5.73 Å². The van der Waals surface area contributed by atoms with Crippen molar-refractivity contribution in [1.29, 1.82) is 0 Å². The van der Waals surface area contributed by atoms with Crippen LogP contribution in [0.1, 0.15) is 11.3 Å². The molecule has 0 saturated carbocycles. The lowest BCUT2D eigenvalue weighted by Crippen LogP contribution is -2.17. The maximum atomic E-state index is 5.57. The summed E-state index contributed by atoms with van der Waals surface area (Å²) in [6.07, 6.45) is 1.80. The number of nitrogens with zero attached hydrogens (tertiary/aromatic N) is 2. The Bertz CT molecular complexity index is 522. The molecule has 0 amide bonds. The zero-order valence-electron chi connectivity index (χ0n) is 10.2. The number of thiocarbonyl (C=S) groups is 1. The molecular weight excluding hydrogens is 242 g/mol. The average molecular weight is 257 g/mol. The number of anilines is 1. The van der Waals surface area contributed by atoms with Crippen LogP contribution in [0, 0.1) is 0 Å². The molecule has 2 N–H and O–H groups in total. The van der Waals surface area contributed by atoms with Crippen molar-refractivity contribution >= 4 is 22.9 Å². The van der Waals surface area contributed by atoms with E-state index in [9.17, 15) is 0 Å². The maximum absolute atomic E-state index is 5.57. The SMILES string of the molecule is CN(Cc1ccccn1)c1ccc(C(N)=S)cc1. The second-order valence-corrected chi connectivity index (χ2v) is 4.53. The lowest BCUT2D eigenvalue weighted by atomic mass is 10.2. The van der Waals surface area contributed by atoms with Crippen molar-refractivity contribution in [1.82, 2.24) is 4.98 Å². The van der Waals surface area contributed by atoms with Crippen molar-refractivity contribution in [3.8, 4) is 0 Å². The Balaban J connectivity index is 2.09. The number of benzene rings is 1. The van der Waals surface area contributed by atoms with E-state index in [1.807, 2.05) is 49.5 Å². The molecule has 0 unspecified atom stereocenters. The molecule has 0 bridgehead atoms. The van der Waals surface area contributed by atoms with Crippen LogP contribution in [0.25, 0.3) is 0 Å². The molecule has 18 heavy (non-hydrogen) atoms. The predicted molar refractivity (Wildman–Crippen MR) is 78.7 cm³/mol. The Labute approximate surface area is 112 Å². The Morgan fingerprint density at radius 2 is 1.94 bits per heavy atom. The van der Waals surface area contributed by atoms with Gasteiger partial charge >= 0.3 is 0 Å². The summed E-state index contributed by atoms with van der Waals surface area (Å²) in [4.78, 5) is 6.86. The van der Waals surface area contributed by atoms with E-state index in [1.54, 1.807) is 6.20 Å². The monoisotopic (exact) mass is 257 g/mol. The Kier molecular flexibility index (Phi) is 3.89. The molecule has 1 heterocycles. The quantitative estimate of drug-likeness (QED) is 0.854. The smallest absolute Gasteiger partial charge is 0.103 e. The highest BCUT2D eigenvalue weighted by Crippen LogP contribution is 2.15. The Morgan fingerprint density at radius 3 is 2.50 bits per heavy atom. The summed E-state index contributed by atoms with van der Waals surface area (Å²) < 4.78 is 0. The molecule has 0 aliphatic carbocycles. The van der Waals surface area contributed by atoms with Gasteiger partial charge in [-0.3, -0.25) is 4.98 Å². The minimum Gasteiger partial charge on any atom is -0.389 e. The van der Waals surface area contributed by atoms with E-state index in [1.165, 1.54) is 0 Å². The molecule has 1 aromatic heterocycles. The van der Waals surface area contributed by atoms with Crippen LogP contribution in [0.4, 0.5) is 5.69 Å². The van der Waals surface area contributed by atoms with Crippen LogP contribution < -0.4 is 10.6 Å². The van der Waals surface area contributed by atoms with Gasteiger partial charge in [0.15, 0.2) is 0 Å². The van der Waals surface area contributed by atoms with Crippen LogP contribution >= 0.6 is 12.2 Å². The second kappa shape index (κ2) is 5.60. The summed E-state index contributed by atoms with van der Waals surface area (Å²) in [5.74, 6) is 0. The molecule has 0 aliphatic rings. The van der Waals surface area contributed by atoms with Gasteiger partial charge in [0.1, 0.15) is 4.99 Å². The van der Waals surface area contributed by atoms with Crippen LogP contribution in [-0.4, -0.2) is 17.0 Å². The third-order valence-electron chi connectivity index (χ3n) is 2.72. The van der Waals surface area contributed by atoms with Gasteiger partial charge in [0.05, 0.1) is 12.2 Å². The molecule has 0 saturated heterocycles. The highest BCUT2D eigenvalue weighted by molar-refractivity contribution is 7.80. The molecule has 0 aliphatic heterocycles. The molecule has 0 radical (unpaired) electrons. The molecular formula is C14H15N3S. The maximum Gasteiger partial charge on any atom is 0.103 e. The molecule has 1 aromatic carbocycles. The van der Waals surface area contributed by atoms with Gasteiger partial charge in [0.25, 0.3) is 0 Å². The molecule has 0 spiro atoms. The number of hydrogen-bond donors (Lipinski definition) is 1. The number of hydrogen-bond acceptors (Lipinski definition) is 3. The van der Waals surface area contributed by atoms with E-state index < -0.39 is 0 Å². The number of nitrogens with two attached hydrogens (primary N) is 1. The van der Waals surface area contributed by atoms with Gasteiger partial charge in [-0.1, -0.05) is 18.3 Å². The summed E-state index contributed by atoms with van der Waals surface area (Å²) in [5.41, 5.74) is 8.61. The first-order valence-corrected chi connectivity index (χ1v) is 6.08. The van der Waals surface area contributed by atoms with Crippen molar-refractivity contribution in [3.05, 3.63) is 59.9 Å². The number of rotatable bonds is 4. The first kappa shape index (κ1) is 12.5. The fraction of sp³-hybridized carbons (Fsp3) is 0.143. The van der Waals surface area contributed by atoms with Crippen molar-refractivity contribution in [3.63, 3.8) is 0 Å². The highest BCUT2D eigenvalue weighted by Gasteiger charge is 2.03. The third kappa shape index (κ3) is 3.05. The summed E-state index contributed by atoms with van der Waals surface area (Å²) in [5, 5.41) is 0. The first-order chi connectivity index (χ1) is 8.66. The van der Waals surface area contributed by atoms with Crippen LogP contribution in [0.15, 0.2) is 48.7 Å². The van der Waals surface area contributed by atoms with E-state index in [0.29, 0.717) is 4.99 Å². The molecule has 2 aromatic rings. The van der Waals surface area contributed by atoms with Crippen molar-refractivity contribution in [2.45, 2.75) is 6.54 Å². The van der Waals surface area contributed by atoms with Gasteiger partial charge in [-0.25, -0.2) is 0 Å². The third-order valence-corrected chi connectivity index (χ3v) is 2.95. The fourth-order valence-corrected chi connectivity index (χ4v) is 1.84. The van der Waals surface area contributed by atoms with E-state index in [4.69, 9.17) is 18.0 Å². The lowest BCUT2D eigenvalue weighted by Gasteiger charge is -2.19. The zero-order valence-corrected chi connectivity index (χ0v) is 11.0. The van der Waals surface area contributed by atoms with Gasteiger partial charge < -0.3 is 10.6 Å². The summed E-state index contributed by atoms with van der Waals surface area (Å²) in [6, 6.07) is 13.8. The van der Waals surface area contributed by atoms with E-state index in [2.05, 4.69) is 9.88 Å². The summed E-state index contributed by atoms with van der Waals surface area (Å²) in [7, 11) is 2.03. The van der Waals surface area contributed by atoms with Gasteiger partial charge in [0.2, 0.25) is 0 Å². The Hall–Kier alpha value is -1.94. The molecule has 3 nitrogen and oxygen atoms in total. The Morgan fingerprint density at radius 1 is 1.22 bits per heavy atom. The number of pyridine rings is 1. The van der Waals surface area contributed by atoms with E-state index in [0.717, 1.165) is 23.5 Å². The van der Waals surface area contributed by atoms with Gasteiger partial charge in [-0.05, 0) is 36.4 Å². The fourth-order valence-electron chi connectivity index (χ4n) is 1.71. The molecule has 0 fully saturated rings. The molecule has 0 atom stereocenters. The van der Waals surface area contributed by atoms with Gasteiger partial charge in [0, 0.05) is 24.5 Å². The van der Waals surface area contributed by atoms with Crippen LogP contribution in [0.2, 0.25) is 0 Å². The first-order valence-electron chi connectivity index (χ1n) is 5.68. The largest absolute Gasteiger partial charge is 0.389 e. The van der Waals surface area contributed by atoms with Crippen LogP contribution in [0.3, 0.4) is 0 Å². The average Bonchev–Trinajstić information content (AvgIpc) is 2.40. The van der Waals surface area contributed by atoms with E-state index in [-0.39, 0.29) is 0 Å². The van der Waals surface area contributed by atoms with Gasteiger partial charge in [-0.2, -0.15) is 0 Å². The summed E-state index contributed by atoms with van der Waals surface area (Å²) in [6.45, 7) is 0.771. The predicted octanol–water partition coefficient (Wildman–Crippen LogP) is 2.35.